The van der Waals surface area contributed by atoms with E-state index in [2.05, 4.69) is 13.8 Å². The van der Waals surface area contributed by atoms with Crippen LogP contribution in [0.5, 0.6) is 0 Å². The van der Waals surface area contributed by atoms with Crippen molar-refractivity contribution in [2.45, 2.75) is 39.2 Å². The van der Waals surface area contributed by atoms with Crippen LogP contribution in [0.3, 0.4) is 0 Å². The third-order valence-corrected chi connectivity index (χ3v) is 5.84. The summed E-state index contributed by atoms with van der Waals surface area (Å²) >= 11 is 0. The molecule has 4 aliphatic rings. The molecule has 1 saturated heterocycles. The van der Waals surface area contributed by atoms with Crippen molar-refractivity contribution >= 4 is 0 Å². The minimum absolute atomic E-state index is 0.584. The number of hydrogen-bond acceptors (Lipinski definition) is 1. The second-order valence-corrected chi connectivity index (χ2v) is 6.49. The summed E-state index contributed by atoms with van der Waals surface area (Å²) in [5, 5.41) is 0. The van der Waals surface area contributed by atoms with Gasteiger partial charge in [0.25, 0.3) is 0 Å². The third kappa shape index (κ3) is 0.562. The Balaban J connectivity index is 1.89. The molecular weight excluding hydrogens is 160 g/mol. The molecule has 4 fully saturated rings. The summed E-state index contributed by atoms with van der Waals surface area (Å²) in [6, 6.07) is 0. The standard InChI is InChI=1S/C12H18O/c1-11-4-9-12(2,6-11)10-7(5-13-9)3-8(10)11/h7-10H,3-6H2,1-2H3. The van der Waals surface area contributed by atoms with Crippen LogP contribution < -0.4 is 0 Å². The van der Waals surface area contributed by atoms with Crippen molar-refractivity contribution in [3.63, 3.8) is 0 Å². The van der Waals surface area contributed by atoms with E-state index in [0.29, 0.717) is 16.9 Å². The lowest BCUT2D eigenvalue weighted by Gasteiger charge is -2.60. The van der Waals surface area contributed by atoms with E-state index >= 15 is 0 Å². The van der Waals surface area contributed by atoms with Crippen LogP contribution in [0.1, 0.15) is 33.1 Å². The Morgan fingerprint density at radius 1 is 1.31 bits per heavy atom. The van der Waals surface area contributed by atoms with Crippen molar-refractivity contribution in [3.8, 4) is 0 Å². The van der Waals surface area contributed by atoms with Crippen molar-refractivity contribution in [3.05, 3.63) is 0 Å². The fourth-order valence-electron chi connectivity index (χ4n) is 5.46. The molecule has 72 valence electrons. The van der Waals surface area contributed by atoms with E-state index < -0.39 is 0 Å². The zero-order valence-corrected chi connectivity index (χ0v) is 8.55. The quantitative estimate of drug-likeness (QED) is 0.553. The number of rotatable bonds is 0. The lowest BCUT2D eigenvalue weighted by atomic mass is 9.50. The average Bonchev–Trinajstić information content (AvgIpc) is 2.26. The minimum Gasteiger partial charge on any atom is -0.377 e. The number of fused-ring (bicyclic) bond motifs is 2. The van der Waals surface area contributed by atoms with Crippen molar-refractivity contribution in [2.75, 3.05) is 6.61 Å². The van der Waals surface area contributed by atoms with Crippen LogP contribution >= 0.6 is 0 Å². The summed E-state index contributed by atoms with van der Waals surface area (Å²) in [6.45, 7) is 6.09. The summed E-state index contributed by atoms with van der Waals surface area (Å²) in [5.74, 6) is 3.06. The normalized spacial score (nSPS) is 72.5. The van der Waals surface area contributed by atoms with E-state index in [9.17, 15) is 0 Å². The maximum absolute atomic E-state index is 6.02. The third-order valence-electron chi connectivity index (χ3n) is 5.84. The molecule has 6 unspecified atom stereocenters. The first kappa shape index (κ1) is 7.28. The fraction of sp³-hybridized carbons (Fsp3) is 1.00. The SMILES string of the molecule is CC12CC3OCC4CC1C4C3(C)C2. The summed E-state index contributed by atoms with van der Waals surface area (Å²) in [5.41, 5.74) is 1.25. The van der Waals surface area contributed by atoms with Gasteiger partial charge in [-0.1, -0.05) is 13.8 Å². The zero-order valence-electron chi connectivity index (χ0n) is 8.55. The van der Waals surface area contributed by atoms with Gasteiger partial charge in [0.2, 0.25) is 0 Å². The van der Waals surface area contributed by atoms with E-state index in [4.69, 9.17) is 4.74 Å². The van der Waals surface area contributed by atoms with Gasteiger partial charge in [0.1, 0.15) is 0 Å². The highest BCUT2D eigenvalue weighted by Gasteiger charge is 2.73. The topological polar surface area (TPSA) is 9.23 Å². The molecule has 0 amide bonds. The van der Waals surface area contributed by atoms with Gasteiger partial charge in [0, 0.05) is 0 Å². The summed E-state index contributed by atoms with van der Waals surface area (Å²) in [7, 11) is 0. The van der Waals surface area contributed by atoms with Crippen molar-refractivity contribution in [1.82, 2.24) is 0 Å². The minimum atomic E-state index is 0.584. The smallest absolute Gasteiger partial charge is 0.0637 e. The molecule has 0 aromatic rings. The Morgan fingerprint density at radius 3 is 2.92 bits per heavy atom. The van der Waals surface area contributed by atoms with E-state index in [1.165, 1.54) is 19.3 Å². The predicted octanol–water partition coefficient (Wildman–Crippen LogP) is 2.46. The van der Waals surface area contributed by atoms with Crippen LogP contribution in [0.15, 0.2) is 0 Å². The van der Waals surface area contributed by atoms with Gasteiger partial charge in [-0.3, -0.25) is 0 Å². The zero-order chi connectivity index (χ0) is 8.84. The largest absolute Gasteiger partial charge is 0.377 e. The molecule has 2 bridgehead atoms. The van der Waals surface area contributed by atoms with Gasteiger partial charge < -0.3 is 4.74 Å². The van der Waals surface area contributed by atoms with E-state index in [1.54, 1.807) is 0 Å². The first-order chi connectivity index (χ1) is 6.13. The number of ether oxygens (including phenoxy) is 1. The highest BCUT2D eigenvalue weighted by Crippen LogP contribution is 2.77. The Labute approximate surface area is 79.8 Å². The summed E-state index contributed by atoms with van der Waals surface area (Å²) < 4.78 is 6.02. The molecule has 1 heteroatoms. The van der Waals surface area contributed by atoms with Crippen LogP contribution in [0, 0.1) is 28.6 Å². The maximum atomic E-state index is 6.02. The van der Waals surface area contributed by atoms with Gasteiger partial charge in [-0.25, -0.2) is 0 Å². The van der Waals surface area contributed by atoms with Crippen LogP contribution in [-0.2, 0) is 4.74 Å². The monoisotopic (exact) mass is 178 g/mol. The van der Waals surface area contributed by atoms with Gasteiger partial charge in [-0.2, -0.15) is 0 Å². The van der Waals surface area contributed by atoms with Gasteiger partial charge >= 0.3 is 0 Å². The molecule has 0 N–H and O–H groups in total. The second-order valence-electron chi connectivity index (χ2n) is 6.49. The summed E-state index contributed by atoms with van der Waals surface area (Å²) in [6.07, 6.45) is 4.91. The Hall–Kier alpha value is -0.0400. The lowest BCUT2D eigenvalue weighted by Crippen LogP contribution is -2.58. The van der Waals surface area contributed by atoms with Gasteiger partial charge in [-0.15, -0.1) is 0 Å². The molecule has 4 rings (SSSR count). The molecule has 0 spiro atoms. The van der Waals surface area contributed by atoms with E-state index in [-0.39, 0.29) is 0 Å². The van der Waals surface area contributed by atoms with Crippen molar-refractivity contribution < 1.29 is 4.74 Å². The van der Waals surface area contributed by atoms with Gasteiger partial charge in [-0.05, 0) is 47.8 Å². The Morgan fingerprint density at radius 2 is 2.15 bits per heavy atom. The molecule has 0 radical (unpaired) electrons. The van der Waals surface area contributed by atoms with Crippen LogP contribution in [0.25, 0.3) is 0 Å². The van der Waals surface area contributed by atoms with Crippen LogP contribution in [0.4, 0.5) is 0 Å². The summed E-state index contributed by atoms with van der Waals surface area (Å²) in [4.78, 5) is 0. The fourth-order valence-corrected chi connectivity index (χ4v) is 5.46. The van der Waals surface area contributed by atoms with E-state index in [0.717, 1.165) is 24.4 Å². The van der Waals surface area contributed by atoms with Gasteiger partial charge in [0.15, 0.2) is 0 Å². The predicted molar refractivity (Wildman–Crippen MR) is 50.3 cm³/mol. The Bertz CT molecular complexity index is 287. The van der Waals surface area contributed by atoms with Crippen molar-refractivity contribution in [1.29, 1.82) is 0 Å². The second kappa shape index (κ2) is 1.71. The highest BCUT2D eigenvalue weighted by atomic mass is 16.5. The molecule has 6 atom stereocenters. The van der Waals surface area contributed by atoms with E-state index in [1.807, 2.05) is 0 Å². The van der Waals surface area contributed by atoms with Crippen LogP contribution in [-0.4, -0.2) is 12.7 Å². The molecule has 13 heavy (non-hydrogen) atoms. The lowest BCUT2D eigenvalue weighted by molar-refractivity contribution is -0.207. The molecule has 0 aromatic carbocycles. The molecule has 1 nitrogen and oxygen atoms in total. The maximum Gasteiger partial charge on any atom is 0.0637 e. The molecule has 0 aromatic heterocycles. The molecule has 1 heterocycles. The first-order valence-corrected chi connectivity index (χ1v) is 5.75. The van der Waals surface area contributed by atoms with Crippen molar-refractivity contribution in [2.24, 2.45) is 28.6 Å². The Kier molecular flexibility index (Phi) is 0.959. The van der Waals surface area contributed by atoms with Crippen LogP contribution in [0.2, 0.25) is 0 Å². The highest BCUT2D eigenvalue weighted by molar-refractivity contribution is 5.21. The molecule has 3 saturated carbocycles. The molecule has 3 aliphatic carbocycles. The first-order valence-electron chi connectivity index (χ1n) is 5.75. The average molecular weight is 178 g/mol. The van der Waals surface area contributed by atoms with Gasteiger partial charge in [0.05, 0.1) is 12.7 Å². The number of hydrogen-bond donors (Lipinski definition) is 0. The molecular formula is C12H18O. The molecule has 1 aliphatic heterocycles.